The molecule has 0 aromatic heterocycles. The summed E-state index contributed by atoms with van der Waals surface area (Å²) in [6, 6.07) is 1.07. The highest BCUT2D eigenvalue weighted by atomic mass is 79.9. The fourth-order valence-corrected chi connectivity index (χ4v) is 4.82. The molecule has 0 bridgehead atoms. The predicted octanol–water partition coefficient (Wildman–Crippen LogP) is 6.22. The number of hydrogen-bond acceptors (Lipinski definition) is 3. The van der Waals surface area contributed by atoms with Gasteiger partial charge in [-0.3, -0.25) is 0 Å². The van der Waals surface area contributed by atoms with Crippen molar-refractivity contribution >= 4 is 30.0 Å². The molecule has 1 aliphatic rings. The topological polar surface area (TPSA) is 35.5 Å². The molecule has 1 aliphatic heterocycles. The number of alkyl halides is 1. The first-order chi connectivity index (χ1) is 12.7. The van der Waals surface area contributed by atoms with Gasteiger partial charge in [0.05, 0.1) is 6.61 Å². The molecule has 3 nitrogen and oxygen atoms in total. The van der Waals surface area contributed by atoms with Crippen molar-refractivity contribution in [2.45, 2.75) is 72.3 Å². The molecule has 1 heterocycles. The van der Waals surface area contributed by atoms with Gasteiger partial charge in [0.15, 0.2) is 0 Å². The minimum absolute atomic E-state index is 0.236. The van der Waals surface area contributed by atoms with E-state index < -0.39 is 8.07 Å². The molecule has 0 amide bonds. The third-order valence-electron chi connectivity index (χ3n) is 5.30. The van der Waals surface area contributed by atoms with E-state index in [4.69, 9.17) is 9.47 Å². The van der Waals surface area contributed by atoms with Gasteiger partial charge < -0.3 is 9.47 Å². The van der Waals surface area contributed by atoms with Crippen LogP contribution in [0.15, 0.2) is 11.6 Å². The first kappa shape index (κ1) is 22.2. The van der Waals surface area contributed by atoms with E-state index in [-0.39, 0.29) is 5.97 Å². The fraction of sp³-hybridized carbons (Fsp3) is 0.591. The number of hydrogen-bond donors (Lipinski definition) is 0. The smallest absolute Gasteiger partial charge is 0.342 e. The number of carbonyl (C=O) groups is 1. The Kier molecular flexibility index (Phi) is 7.75. The van der Waals surface area contributed by atoms with Crippen LogP contribution >= 0.6 is 15.9 Å². The normalized spacial score (nSPS) is 14.3. The van der Waals surface area contributed by atoms with Gasteiger partial charge >= 0.3 is 5.97 Å². The predicted molar refractivity (Wildman–Crippen MR) is 119 cm³/mol. The van der Waals surface area contributed by atoms with Crippen LogP contribution in [0, 0.1) is 6.92 Å². The van der Waals surface area contributed by atoms with Crippen LogP contribution in [0.5, 0.6) is 5.75 Å². The molecule has 2 rings (SSSR count). The standard InChI is InChI=1S/C22H33BrO3Si/c1-7-16(13-23)9-10-18-17(8-2)15(3)19-14-26-22(24)20(19)21(18)25-11-12-27(4,5)6/h9H,7-8,10-14H2,1-6H3/b16-9-. The van der Waals surface area contributed by atoms with E-state index >= 15 is 0 Å². The average molecular weight is 453 g/mol. The van der Waals surface area contributed by atoms with Crippen LogP contribution in [0.1, 0.15) is 52.9 Å². The van der Waals surface area contributed by atoms with E-state index in [9.17, 15) is 4.79 Å². The molecule has 0 aliphatic carbocycles. The Morgan fingerprint density at radius 2 is 1.96 bits per heavy atom. The maximum absolute atomic E-state index is 12.5. The van der Waals surface area contributed by atoms with Crippen molar-refractivity contribution < 1.29 is 14.3 Å². The Balaban J connectivity index is 2.53. The zero-order chi connectivity index (χ0) is 20.2. The molecule has 150 valence electrons. The lowest BCUT2D eigenvalue weighted by atomic mass is 9.89. The van der Waals surface area contributed by atoms with E-state index in [0.29, 0.717) is 18.8 Å². The van der Waals surface area contributed by atoms with Gasteiger partial charge in [-0.05, 0) is 43.4 Å². The number of halogens is 1. The van der Waals surface area contributed by atoms with E-state index in [2.05, 4.69) is 62.4 Å². The molecule has 0 radical (unpaired) electrons. The number of esters is 1. The molecule has 0 saturated heterocycles. The summed E-state index contributed by atoms with van der Waals surface area (Å²) in [6.45, 7) is 14.5. The number of carbonyl (C=O) groups excluding carboxylic acids is 1. The van der Waals surface area contributed by atoms with E-state index in [1.54, 1.807) is 0 Å². The Bertz CT molecular complexity index is 726. The number of rotatable bonds is 9. The minimum atomic E-state index is -1.21. The SMILES string of the molecule is CC/C(=C/Cc1c(CC)c(C)c2c(c1OCC[Si](C)(C)C)C(=O)OC2)CBr. The first-order valence-corrected chi connectivity index (χ1v) is 14.8. The van der Waals surface area contributed by atoms with E-state index in [1.807, 2.05) is 0 Å². The second kappa shape index (κ2) is 9.42. The molecular weight excluding hydrogens is 420 g/mol. The van der Waals surface area contributed by atoms with Gasteiger partial charge in [0.2, 0.25) is 0 Å². The van der Waals surface area contributed by atoms with Crippen LogP contribution in [-0.2, 0) is 24.2 Å². The molecule has 0 spiro atoms. The van der Waals surface area contributed by atoms with E-state index in [1.165, 1.54) is 16.7 Å². The van der Waals surface area contributed by atoms with Crippen molar-refractivity contribution in [3.8, 4) is 5.75 Å². The maximum atomic E-state index is 12.5. The molecule has 0 atom stereocenters. The summed E-state index contributed by atoms with van der Waals surface area (Å²) < 4.78 is 11.7. The molecule has 0 N–H and O–H groups in total. The van der Waals surface area contributed by atoms with Crippen LogP contribution in [0.3, 0.4) is 0 Å². The van der Waals surface area contributed by atoms with Crippen LogP contribution in [0.4, 0.5) is 0 Å². The van der Waals surface area contributed by atoms with Gasteiger partial charge in [-0.15, -0.1) is 0 Å². The molecule has 27 heavy (non-hydrogen) atoms. The zero-order valence-electron chi connectivity index (χ0n) is 17.6. The maximum Gasteiger partial charge on any atom is 0.342 e. The number of allylic oxidation sites excluding steroid dienone is 2. The van der Waals surface area contributed by atoms with Gasteiger partial charge in [0.1, 0.15) is 17.9 Å². The van der Waals surface area contributed by atoms with Crippen molar-refractivity contribution in [1.29, 1.82) is 0 Å². The Morgan fingerprint density at radius 3 is 2.52 bits per heavy atom. The highest BCUT2D eigenvalue weighted by molar-refractivity contribution is 9.09. The third-order valence-corrected chi connectivity index (χ3v) is 7.72. The molecule has 0 fully saturated rings. The highest BCUT2D eigenvalue weighted by Gasteiger charge is 2.32. The minimum Gasteiger partial charge on any atom is -0.493 e. The van der Waals surface area contributed by atoms with Crippen LogP contribution in [-0.4, -0.2) is 26.0 Å². The second-order valence-corrected chi connectivity index (χ2v) is 14.6. The largest absolute Gasteiger partial charge is 0.493 e. The molecule has 0 saturated carbocycles. The quantitative estimate of drug-likeness (QED) is 0.193. The highest BCUT2D eigenvalue weighted by Crippen LogP contribution is 2.39. The summed E-state index contributed by atoms with van der Waals surface area (Å²) in [5.74, 6) is 0.537. The summed E-state index contributed by atoms with van der Waals surface area (Å²) in [7, 11) is -1.21. The van der Waals surface area contributed by atoms with Crippen molar-refractivity contribution in [1.82, 2.24) is 0 Å². The summed E-state index contributed by atoms with van der Waals surface area (Å²) in [6.07, 6.45) is 5.02. The summed E-state index contributed by atoms with van der Waals surface area (Å²) >= 11 is 3.57. The number of fused-ring (bicyclic) bond motifs is 1. The van der Waals surface area contributed by atoms with Gasteiger partial charge in [0.25, 0.3) is 0 Å². The first-order valence-electron chi connectivity index (χ1n) is 9.94. The van der Waals surface area contributed by atoms with Gasteiger partial charge in [-0.2, -0.15) is 0 Å². The van der Waals surface area contributed by atoms with Crippen molar-refractivity contribution in [3.05, 3.63) is 39.5 Å². The van der Waals surface area contributed by atoms with Crippen molar-refractivity contribution in [2.24, 2.45) is 0 Å². The van der Waals surface area contributed by atoms with Crippen LogP contribution in [0.25, 0.3) is 0 Å². The Morgan fingerprint density at radius 1 is 1.26 bits per heavy atom. The van der Waals surface area contributed by atoms with E-state index in [0.717, 1.165) is 47.5 Å². The lowest BCUT2D eigenvalue weighted by Gasteiger charge is -2.22. The Labute approximate surface area is 173 Å². The number of benzene rings is 1. The summed E-state index contributed by atoms with van der Waals surface area (Å²) in [5, 5.41) is 0.878. The van der Waals surface area contributed by atoms with Gasteiger partial charge in [-0.25, -0.2) is 4.79 Å². The van der Waals surface area contributed by atoms with Gasteiger partial charge in [0, 0.05) is 24.5 Å². The second-order valence-electron chi connectivity index (χ2n) is 8.41. The van der Waals surface area contributed by atoms with Gasteiger partial charge in [-0.1, -0.05) is 61.1 Å². The lowest BCUT2D eigenvalue weighted by molar-refractivity contribution is 0.0532. The monoisotopic (exact) mass is 452 g/mol. The third kappa shape index (κ3) is 5.26. The summed E-state index contributed by atoms with van der Waals surface area (Å²) in [5.41, 5.74) is 6.71. The van der Waals surface area contributed by atoms with Crippen LogP contribution < -0.4 is 4.74 Å². The molecule has 0 unspecified atom stereocenters. The Hall–Kier alpha value is -1.07. The zero-order valence-corrected chi connectivity index (χ0v) is 20.2. The number of ether oxygens (including phenoxy) is 2. The number of cyclic esters (lactones) is 1. The molecular formula is C22H33BrO3Si. The van der Waals surface area contributed by atoms with Crippen molar-refractivity contribution in [2.75, 3.05) is 11.9 Å². The fourth-order valence-electron chi connectivity index (χ4n) is 3.48. The molecule has 1 aromatic rings. The average Bonchev–Trinajstić information content (AvgIpc) is 2.99. The summed E-state index contributed by atoms with van der Waals surface area (Å²) in [4.78, 5) is 12.5. The molecule has 5 heteroatoms. The lowest BCUT2D eigenvalue weighted by Crippen LogP contribution is -2.23. The van der Waals surface area contributed by atoms with Crippen LogP contribution in [0.2, 0.25) is 25.7 Å². The molecule has 1 aromatic carbocycles. The van der Waals surface area contributed by atoms with Crippen molar-refractivity contribution in [3.63, 3.8) is 0 Å².